The lowest BCUT2D eigenvalue weighted by Crippen LogP contribution is -2.48. The minimum Gasteiger partial charge on any atom is -0.382 e. The number of likely N-dealkylation sites (N-methyl/N-ethyl adjacent to an activating group) is 1. The van der Waals surface area contributed by atoms with Gasteiger partial charge in [-0.2, -0.15) is 5.26 Å². The van der Waals surface area contributed by atoms with Crippen LogP contribution in [0.3, 0.4) is 0 Å². The molecule has 0 N–H and O–H groups in total. The van der Waals surface area contributed by atoms with Crippen molar-refractivity contribution in [2.24, 2.45) is 0 Å². The number of nitrogens with zero attached hydrogens (tertiary/aromatic N) is 5. The van der Waals surface area contributed by atoms with Gasteiger partial charge in [-0.15, -0.1) is 0 Å². The van der Waals surface area contributed by atoms with E-state index in [1.165, 1.54) is 11.8 Å². The van der Waals surface area contributed by atoms with Crippen LogP contribution in [0.4, 0.5) is 5.82 Å². The smallest absolute Gasteiger partial charge is 0.270 e. The summed E-state index contributed by atoms with van der Waals surface area (Å²) < 4.78 is 7.58. The molecule has 3 heterocycles. The maximum absolute atomic E-state index is 13.2. The van der Waals surface area contributed by atoms with Crippen molar-refractivity contribution < 1.29 is 9.53 Å². The van der Waals surface area contributed by atoms with E-state index < -0.39 is 0 Å². The summed E-state index contributed by atoms with van der Waals surface area (Å²) in [5.41, 5.74) is 1.19. The minimum absolute atomic E-state index is 0.122. The number of thiocarbonyl (C=S) groups is 1. The fraction of sp³-hybridized carbons (Fsp3) is 0.583. The van der Waals surface area contributed by atoms with Crippen molar-refractivity contribution in [1.29, 1.82) is 5.26 Å². The summed E-state index contributed by atoms with van der Waals surface area (Å²) in [6.45, 7) is 14.3. The molecule has 184 valence electrons. The van der Waals surface area contributed by atoms with Crippen molar-refractivity contribution in [2.45, 2.75) is 40.7 Å². The van der Waals surface area contributed by atoms with Gasteiger partial charge in [-0.05, 0) is 45.4 Å². The van der Waals surface area contributed by atoms with Gasteiger partial charge in [0.1, 0.15) is 21.8 Å². The molecule has 10 heteroatoms. The first-order valence-electron chi connectivity index (χ1n) is 11.9. The molecule has 2 fully saturated rings. The molecule has 34 heavy (non-hydrogen) atoms. The van der Waals surface area contributed by atoms with Gasteiger partial charge in [0, 0.05) is 58.0 Å². The van der Waals surface area contributed by atoms with Crippen LogP contribution < -0.4 is 10.5 Å². The van der Waals surface area contributed by atoms with E-state index >= 15 is 0 Å². The molecule has 0 saturated carbocycles. The molecule has 1 aromatic heterocycles. The average Bonchev–Trinajstić information content (AvgIpc) is 3.11. The highest BCUT2D eigenvalue weighted by Crippen LogP contribution is 2.36. The summed E-state index contributed by atoms with van der Waals surface area (Å²) >= 11 is 6.76. The number of thioether (sulfide) groups is 1. The lowest BCUT2D eigenvalue weighted by Gasteiger charge is -2.37. The third kappa shape index (κ3) is 5.38. The second-order valence-corrected chi connectivity index (χ2v) is 9.88. The van der Waals surface area contributed by atoms with Crippen molar-refractivity contribution in [1.82, 2.24) is 14.4 Å². The van der Waals surface area contributed by atoms with Crippen molar-refractivity contribution in [2.75, 3.05) is 57.4 Å². The Labute approximate surface area is 211 Å². The molecule has 0 aromatic carbocycles. The summed E-state index contributed by atoms with van der Waals surface area (Å²) in [5, 5.41) is 9.73. The summed E-state index contributed by atoms with van der Waals surface area (Å²) in [6, 6.07) is 2.09. The van der Waals surface area contributed by atoms with E-state index in [1.54, 1.807) is 16.4 Å². The number of aromatic nitrogens is 1. The van der Waals surface area contributed by atoms with Crippen LogP contribution in [0.25, 0.3) is 6.08 Å². The Morgan fingerprint density at radius 1 is 1.15 bits per heavy atom. The monoisotopic (exact) mass is 503 g/mol. The molecule has 2 aliphatic rings. The number of pyridine rings is 1. The molecule has 0 bridgehead atoms. The number of ether oxygens (including phenoxy) is 1. The predicted octanol–water partition coefficient (Wildman–Crippen LogP) is 2.82. The first kappa shape index (κ1) is 26.4. The van der Waals surface area contributed by atoms with E-state index in [-0.39, 0.29) is 17.0 Å². The number of hydrogen-bond acceptors (Lipinski definition) is 8. The van der Waals surface area contributed by atoms with Gasteiger partial charge in [0.15, 0.2) is 0 Å². The largest absolute Gasteiger partial charge is 0.382 e. The van der Waals surface area contributed by atoms with Crippen molar-refractivity contribution in [3.8, 4) is 6.07 Å². The number of carbonyl (C=O) groups excluding carboxylic acids is 1. The van der Waals surface area contributed by atoms with Gasteiger partial charge in [-0.25, -0.2) is 0 Å². The summed E-state index contributed by atoms with van der Waals surface area (Å²) in [6.07, 6.45) is 2.53. The van der Waals surface area contributed by atoms with Gasteiger partial charge in [0.25, 0.3) is 11.5 Å². The van der Waals surface area contributed by atoms with Crippen LogP contribution >= 0.6 is 24.0 Å². The molecule has 3 rings (SSSR count). The Morgan fingerprint density at radius 3 is 2.44 bits per heavy atom. The lowest BCUT2D eigenvalue weighted by molar-refractivity contribution is -0.122. The van der Waals surface area contributed by atoms with E-state index in [0.29, 0.717) is 47.5 Å². The number of hydrogen-bond donors (Lipinski definition) is 0. The number of carbonyl (C=O) groups is 1. The van der Waals surface area contributed by atoms with E-state index in [2.05, 4.69) is 22.8 Å². The Hall–Kier alpha value is -2.19. The molecule has 8 nitrogen and oxygen atoms in total. The SMILES string of the molecule is CCOCCCN1C(=O)/C(=C/c2c(C)c(C#N)c(=O)n(CC)c2N2CCN(CC)CC2)SC1=S. The molecule has 0 unspecified atom stereocenters. The Balaban J connectivity index is 2.04. The van der Waals surface area contributed by atoms with E-state index in [4.69, 9.17) is 17.0 Å². The molecular formula is C24H33N5O3S2. The van der Waals surface area contributed by atoms with Gasteiger partial charge in [-0.3, -0.25) is 19.1 Å². The van der Waals surface area contributed by atoms with E-state index in [1.807, 2.05) is 19.9 Å². The zero-order valence-corrected chi connectivity index (χ0v) is 22.1. The molecule has 0 spiro atoms. The van der Waals surface area contributed by atoms with Crippen molar-refractivity contribution in [3.05, 3.63) is 31.9 Å². The quantitative estimate of drug-likeness (QED) is 0.289. The normalized spacial score (nSPS) is 18.3. The van der Waals surface area contributed by atoms with E-state index in [0.717, 1.165) is 44.1 Å². The fourth-order valence-corrected chi connectivity index (χ4v) is 5.64. The first-order chi connectivity index (χ1) is 16.4. The van der Waals surface area contributed by atoms with Crippen LogP contribution in [0.2, 0.25) is 0 Å². The van der Waals surface area contributed by atoms with Crippen LogP contribution in [-0.4, -0.2) is 77.1 Å². The Bertz CT molecular complexity index is 1070. The molecule has 2 saturated heterocycles. The Kier molecular flexibility index (Phi) is 9.31. The summed E-state index contributed by atoms with van der Waals surface area (Å²) in [4.78, 5) is 33.0. The third-order valence-electron chi connectivity index (χ3n) is 6.31. The number of rotatable bonds is 9. The van der Waals surface area contributed by atoms with Gasteiger partial charge >= 0.3 is 0 Å². The maximum Gasteiger partial charge on any atom is 0.270 e. The van der Waals surface area contributed by atoms with Crippen molar-refractivity contribution in [3.63, 3.8) is 0 Å². The number of anilines is 1. The topological polar surface area (TPSA) is 81.8 Å². The summed E-state index contributed by atoms with van der Waals surface area (Å²) in [7, 11) is 0. The zero-order valence-electron chi connectivity index (χ0n) is 20.4. The maximum atomic E-state index is 13.2. The van der Waals surface area contributed by atoms with Crippen LogP contribution in [0.5, 0.6) is 0 Å². The van der Waals surface area contributed by atoms with Crippen LogP contribution in [0, 0.1) is 18.3 Å². The number of nitriles is 1. The fourth-order valence-electron chi connectivity index (χ4n) is 4.35. The minimum atomic E-state index is -0.281. The van der Waals surface area contributed by atoms with Crippen LogP contribution in [-0.2, 0) is 16.1 Å². The van der Waals surface area contributed by atoms with Gasteiger partial charge in [0.2, 0.25) is 0 Å². The van der Waals surface area contributed by atoms with Gasteiger partial charge in [0.05, 0.1) is 4.91 Å². The lowest BCUT2D eigenvalue weighted by atomic mass is 10.0. The molecule has 0 radical (unpaired) electrons. The second kappa shape index (κ2) is 12.0. The highest BCUT2D eigenvalue weighted by molar-refractivity contribution is 8.26. The molecular weight excluding hydrogens is 470 g/mol. The zero-order chi connectivity index (χ0) is 24.8. The highest BCUT2D eigenvalue weighted by Gasteiger charge is 2.33. The van der Waals surface area contributed by atoms with Crippen LogP contribution in [0.15, 0.2) is 9.70 Å². The molecule has 1 aromatic rings. The molecule has 0 atom stereocenters. The first-order valence-corrected chi connectivity index (χ1v) is 13.1. The summed E-state index contributed by atoms with van der Waals surface area (Å²) in [5.74, 6) is 0.641. The third-order valence-corrected chi connectivity index (χ3v) is 7.68. The number of piperazine rings is 1. The molecule has 0 aliphatic carbocycles. The standard InChI is InChI=1S/C24H33N5O3S2/c1-5-26-10-12-27(13-11-26)21-18(17(4)19(16-25)22(30)28(21)6-2)15-20-23(31)29(24(33)34-20)9-8-14-32-7-3/h15H,5-14H2,1-4H3/b20-15-. The average molecular weight is 504 g/mol. The predicted molar refractivity (Wildman–Crippen MR) is 141 cm³/mol. The van der Waals surface area contributed by atoms with Crippen LogP contribution in [0.1, 0.15) is 43.9 Å². The van der Waals surface area contributed by atoms with E-state index in [9.17, 15) is 14.9 Å². The van der Waals surface area contributed by atoms with Crippen molar-refractivity contribution >= 4 is 46.1 Å². The molecule has 1 amide bonds. The number of amides is 1. The molecule has 2 aliphatic heterocycles. The van der Waals surface area contributed by atoms with Gasteiger partial charge in [-0.1, -0.05) is 30.9 Å². The van der Waals surface area contributed by atoms with Gasteiger partial charge < -0.3 is 14.5 Å². The highest BCUT2D eigenvalue weighted by atomic mass is 32.2. The second-order valence-electron chi connectivity index (χ2n) is 8.20. The Morgan fingerprint density at radius 2 is 1.85 bits per heavy atom.